The molecule has 1 N–H and O–H groups in total. The minimum Gasteiger partial charge on any atom is -0.268 e. The number of rotatable bonds is 4. The number of halogens is 1. The molecule has 0 fully saturated rings. The van der Waals surface area contributed by atoms with Crippen molar-refractivity contribution in [1.29, 1.82) is 0 Å². The zero-order valence-electron chi connectivity index (χ0n) is 9.25. The Morgan fingerprint density at radius 3 is 2.47 bits per heavy atom. The minimum absolute atomic E-state index is 0.0471. The smallest absolute Gasteiger partial charge is 0.268 e. The van der Waals surface area contributed by atoms with Gasteiger partial charge in [-0.2, -0.15) is 27.8 Å². The molecule has 1 radical (unpaired) electrons. The van der Waals surface area contributed by atoms with Crippen LogP contribution >= 0.6 is 0 Å². The number of hydrogen-bond donors (Lipinski definition) is 1. The number of hydrogen-bond acceptors (Lipinski definition) is 5. The highest BCUT2D eigenvalue weighted by Gasteiger charge is 2.23. The van der Waals surface area contributed by atoms with Crippen molar-refractivity contribution in [2.24, 2.45) is 0 Å². The van der Waals surface area contributed by atoms with Crippen LogP contribution in [0.2, 0.25) is 0 Å². The fraction of sp³-hybridized carbons (Fsp3) is 0. The molecule has 0 saturated carbocycles. The van der Waals surface area contributed by atoms with E-state index in [1.54, 1.807) is 6.07 Å². The van der Waals surface area contributed by atoms with Gasteiger partial charge >= 0.3 is 16.4 Å². The lowest BCUT2D eigenvalue weighted by molar-refractivity contribution is 0.471. The van der Waals surface area contributed by atoms with Gasteiger partial charge < -0.3 is 0 Å². The van der Waals surface area contributed by atoms with Gasteiger partial charge in [-0.05, 0) is 12.1 Å². The van der Waals surface area contributed by atoms with Crippen LogP contribution in [0.25, 0.3) is 0 Å². The average molecular weight is 284 g/mol. The van der Waals surface area contributed by atoms with Crippen molar-refractivity contribution in [3.63, 3.8) is 0 Å². The summed E-state index contributed by atoms with van der Waals surface area (Å²) in [5.41, 5.74) is 3.50. The Kier molecular flexibility index (Phi) is 3.53. The van der Waals surface area contributed by atoms with Crippen molar-refractivity contribution in [1.82, 2.24) is 20.4 Å². The van der Waals surface area contributed by atoms with Crippen molar-refractivity contribution in [3.05, 3.63) is 42.7 Å². The third kappa shape index (κ3) is 3.33. The standard InChI is InChI=1S/C9H7FN5O3S/c10-8-11-6-12-9(13-8)14-15(19(16,17)18)7-4-2-1-3-5-7/h1-6H,(H,16,17,18). The molecule has 0 atom stereocenters. The molecule has 10 heteroatoms. The molecule has 0 aliphatic carbocycles. The summed E-state index contributed by atoms with van der Waals surface area (Å²) in [4.78, 5) is 9.75. The van der Waals surface area contributed by atoms with Gasteiger partial charge in [0.1, 0.15) is 6.33 Å². The van der Waals surface area contributed by atoms with Crippen LogP contribution in [0.15, 0.2) is 36.7 Å². The monoisotopic (exact) mass is 284 g/mol. The molecule has 1 heterocycles. The lowest BCUT2D eigenvalue weighted by Crippen LogP contribution is -2.35. The van der Waals surface area contributed by atoms with Gasteiger partial charge in [0, 0.05) is 0 Å². The van der Waals surface area contributed by atoms with Crippen LogP contribution in [0.1, 0.15) is 0 Å². The van der Waals surface area contributed by atoms with Gasteiger partial charge in [-0.1, -0.05) is 18.2 Å². The predicted molar refractivity (Wildman–Crippen MR) is 62.0 cm³/mol. The van der Waals surface area contributed by atoms with Crippen molar-refractivity contribution in [3.8, 4) is 0 Å². The lowest BCUT2D eigenvalue weighted by atomic mass is 10.3. The van der Waals surface area contributed by atoms with Crippen LogP contribution in [0.4, 0.5) is 16.0 Å². The fourth-order valence-electron chi connectivity index (χ4n) is 1.20. The number of aromatic nitrogens is 3. The van der Waals surface area contributed by atoms with Gasteiger partial charge in [0.15, 0.2) is 0 Å². The SMILES string of the molecule is O=S(=O)(O)N([N]c1ncnc(F)n1)c1ccccc1. The van der Waals surface area contributed by atoms with E-state index >= 15 is 0 Å². The number of nitrogens with zero attached hydrogens (tertiary/aromatic N) is 5. The second kappa shape index (κ2) is 5.12. The maximum atomic E-state index is 12.8. The van der Waals surface area contributed by atoms with Gasteiger partial charge in [0.2, 0.25) is 0 Å². The highest BCUT2D eigenvalue weighted by Crippen LogP contribution is 2.16. The topological polar surface area (TPSA) is 110 Å². The molecule has 0 aliphatic rings. The van der Waals surface area contributed by atoms with Gasteiger partial charge in [-0.3, -0.25) is 4.55 Å². The first-order chi connectivity index (χ1) is 8.97. The Morgan fingerprint density at radius 1 is 1.21 bits per heavy atom. The highest BCUT2D eigenvalue weighted by molar-refractivity contribution is 7.87. The summed E-state index contributed by atoms with van der Waals surface area (Å²) in [6.45, 7) is 0. The van der Waals surface area contributed by atoms with E-state index < -0.39 is 22.3 Å². The van der Waals surface area contributed by atoms with Gasteiger partial charge in [0.05, 0.1) is 5.69 Å². The van der Waals surface area contributed by atoms with Crippen LogP contribution in [0.3, 0.4) is 0 Å². The van der Waals surface area contributed by atoms with Crippen molar-refractivity contribution < 1.29 is 17.4 Å². The molecule has 19 heavy (non-hydrogen) atoms. The second-order valence-corrected chi connectivity index (χ2v) is 4.45. The summed E-state index contributed by atoms with van der Waals surface area (Å²) in [6.07, 6.45) is -0.286. The first-order valence-corrected chi connectivity index (χ1v) is 6.25. The quantitative estimate of drug-likeness (QED) is 0.645. The Hall–Kier alpha value is -2.33. The van der Waals surface area contributed by atoms with Crippen LogP contribution in [-0.4, -0.2) is 27.9 Å². The van der Waals surface area contributed by atoms with E-state index in [4.69, 9.17) is 4.55 Å². The molecule has 2 aromatic rings. The van der Waals surface area contributed by atoms with E-state index in [9.17, 15) is 12.8 Å². The van der Waals surface area contributed by atoms with Crippen molar-refractivity contribution >= 4 is 21.9 Å². The third-order valence-corrected chi connectivity index (χ3v) is 2.64. The third-order valence-electron chi connectivity index (χ3n) is 1.91. The molecule has 1 aromatic carbocycles. The molecule has 0 saturated heterocycles. The fourth-order valence-corrected chi connectivity index (χ4v) is 1.76. The lowest BCUT2D eigenvalue weighted by Gasteiger charge is -2.17. The molecule has 0 unspecified atom stereocenters. The molecule has 0 amide bonds. The minimum atomic E-state index is -4.69. The molecular formula is C9H7FN5O3S. The molecule has 0 spiro atoms. The predicted octanol–water partition coefficient (Wildman–Crippen LogP) is 0.471. The van der Waals surface area contributed by atoms with Crippen LogP contribution < -0.4 is 9.84 Å². The Labute approximate surface area is 107 Å². The van der Waals surface area contributed by atoms with Crippen molar-refractivity contribution in [2.75, 3.05) is 4.41 Å². The Balaban J connectivity index is 2.36. The summed E-state index contributed by atoms with van der Waals surface area (Å²) >= 11 is 0. The molecule has 0 bridgehead atoms. The first-order valence-electron chi connectivity index (χ1n) is 4.86. The van der Waals surface area contributed by atoms with E-state index in [1.165, 1.54) is 24.3 Å². The Bertz CT molecular complexity index is 667. The van der Waals surface area contributed by atoms with E-state index in [2.05, 4.69) is 20.4 Å². The van der Waals surface area contributed by atoms with Crippen LogP contribution in [0.5, 0.6) is 0 Å². The average Bonchev–Trinajstić information content (AvgIpc) is 2.36. The maximum absolute atomic E-state index is 12.8. The highest BCUT2D eigenvalue weighted by atomic mass is 32.2. The van der Waals surface area contributed by atoms with Crippen molar-refractivity contribution in [2.45, 2.75) is 0 Å². The molecule has 99 valence electrons. The first kappa shape index (κ1) is 13.1. The Morgan fingerprint density at radius 2 is 1.89 bits per heavy atom. The molecule has 8 nitrogen and oxygen atoms in total. The molecule has 1 aromatic heterocycles. The number of benzene rings is 1. The van der Waals surface area contributed by atoms with E-state index in [0.29, 0.717) is 0 Å². The second-order valence-electron chi connectivity index (χ2n) is 3.21. The van der Waals surface area contributed by atoms with Gasteiger partial charge in [-0.15, -0.1) is 9.84 Å². The van der Waals surface area contributed by atoms with E-state index in [-0.39, 0.29) is 10.1 Å². The summed E-state index contributed by atoms with van der Waals surface area (Å²) in [5, 5.41) is 0. The summed E-state index contributed by atoms with van der Waals surface area (Å²) in [7, 11) is -4.69. The van der Waals surface area contributed by atoms with Crippen LogP contribution in [-0.2, 0) is 10.3 Å². The van der Waals surface area contributed by atoms with Crippen LogP contribution in [0, 0.1) is 6.08 Å². The number of para-hydroxylation sites is 1. The van der Waals surface area contributed by atoms with Gasteiger partial charge in [-0.25, -0.2) is 0 Å². The molecular weight excluding hydrogens is 277 g/mol. The summed E-state index contributed by atoms with van der Waals surface area (Å²) < 4.78 is 44.6. The summed E-state index contributed by atoms with van der Waals surface area (Å²) in [6, 6.07) is 7.49. The normalized spacial score (nSPS) is 11.1. The zero-order valence-corrected chi connectivity index (χ0v) is 10.1. The summed E-state index contributed by atoms with van der Waals surface area (Å²) in [5.74, 6) is -0.492. The maximum Gasteiger partial charge on any atom is 0.379 e. The molecule has 2 rings (SSSR count). The zero-order chi connectivity index (χ0) is 13.9. The van der Waals surface area contributed by atoms with E-state index in [1.807, 2.05) is 0 Å². The molecule has 0 aliphatic heterocycles. The largest absolute Gasteiger partial charge is 0.379 e. The van der Waals surface area contributed by atoms with Gasteiger partial charge in [0.25, 0.3) is 5.95 Å². The van der Waals surface area contributed by atoms with E-state index in [0.717, 1.165) is 6.33 Å². The number of anilines is 1.